The first-order chi connectivity index (χ1) is 63.7. The average molecular weight is 1870 g/mol. The van der Waals surface area contributed by atoms with E-state index in [2.05, 4.69) is 60.1 Å². The second kappa shape index (κ2) is 75.0. The molecule has 0 spiro atoms. The van der Waals surface area contributed by atoms with E-state index in [4.69, 9.17) is 90.6 Å². The van der Waals surface area contributed by atoms with Crippen molar-refractivity contribution in [1.82, 2.24) is 58.1 Å². The van der Waals surface area contributed by atoms with Gasteiger partial charge in [-0.15, -0.1) is 0 Å². The summed E-state index contributed by atoms with van der Waals surface area (Å²) in [6, 6.07) is 8.10. The van der Waals surface area contributed by atoms with E-state index in [1.807, 2.05) is 13.8 Å². The molecule has 0 unspecified atom stereocenters. The molecule has 0 radical (unpaired) electrons. The third-order valence-electron chi connectivity index (χ3n) is 20.9. The van der Waals surface area contributed by atoms with Crippen molar-refractivity contribution in [2.45, 2.75) is 243 Å². The SMILES string of the molecule is CCCCCCCCCCCCCCCC(=O)NCCOCCOCCOCCOCCOCCOCCOCCOCCOCCOCCOCCOCCC(=O)NC(C)(C)C(=O)N[C@@H](Cc1ccccc1)C(=O)N[C@@H](CC(C)C)C(=O)N[C@@H](Cc1ccccc1)C(=O)N[C@@H](CCCNC(=N)N)C(=O)N1CCC[C@H]1C(=O)N[C@@H](CCCNC(=N)N)C(=O)N[C@@H](CC(N)=O)C(N)=O. The molecule has 0 aliphatic carbocycles. The Kier molecular flexibility index (Phi) is 66.4. The van der Waals surface area contributed by atoms with Crippen molar-refractivity contribution in [3.63, 3.8) is 0 Å². The molecule has 40 heteroatoms. The van der Waals surface area contributed by atoms with Crippen LogP contribution in [0.4, 0.5) is 0 Å². The fraction of sp³-hybridized carbons (Fsp3) is 0.728. The molecule has 2 aromatic rings. The van der Waals surface area contributed by atoms with E-state index in [-0.39, 0.29) is 121 Å². The number of ether oxygens (including phenoxy) is 12. The number of amides is 11. The molecule has 1 saturated heterocycles. The van der Waals surface area contributed by atoms with Crippen molar-refractivity contribution in [1.29, 1.82) is 10.8 Å². The minimum absolute atomic E-state index is 0.00974. The minimum Gasteiger partial charge on any atom is -0.379 e. The van der Waals surface area contributed by atoms with Gasteiger partial charge in [-0.25, -0.2) is 0 Å². The molecule has 0 saturated carbocycles. The normalized spacial score (nSPS) is 13.9. The molecule has 7 atom stereocenters. The summed E-state index contributed by atoms with van der Waals surface area (Å²) in [6.45, 7) is 18.8. The molecule has 0 bridgehead atoms. The van der Waals surface area contributed by atoms with Crippen LogP contribution in [0.2, 0.25) is 0 Å². The van der Waals surface area contributed by atoms with Gasteiger partial charge in [-0.3, -0.25) is 63.6 Å². The maximum atomic E-state index is 14.9. The summed E-state index contributed by atoms with van der Waals surface area (Å²) in [5.41, 5.74) is 21.5. The molecule has 1 fully saturated rings. The maximum Gasteiger partial charge on any atom is 0.245 e. The molecule has 11 amide bonds. The third-order valence-corrected chi connectivity index (χ3v) is 20.9. The molecule has 0 aromatic heterocycles. The second-order valence-corrected chi connectivity index (χ2v) is 33.2. The van der Waals surface area contributed by atoms with E-state index >= 15 is 0 Å². The summed E-state index contributed by atoms with van der Waals surface area (Å²) in [6.07, 6.45) is 17.1. The van der Waals surface area contributed by atoms with Crippen LogP contribution in [0, 0.1) is 16.7 Å². The first-order valence-corrected chi connectivity index (χ1v) is 47.2. The van der Waals surface area contributed by atoms with E-state index in [9.17, 15) is 52.7 Å². The molecule has 2 aromatic carbocycles. The van der Waals surface area contributed by atoms with Crippen LogP contribution in [0.3, 0.4) is 0 Å². The number of hydrogen-bond donors (Lipinski definition) is 16. The van der Waals surface area contributed by atoms with Gasteiger partial charge >= 0.3 is 0 Å². The smallest absolute Gasteiger partial charge is 0.245 e. The van der Waals surface area contributed by atoms with Crippen LogP contribution in [0.25, 0.3) is 0 Å². The number of guanidine groups is 2. The quantitative estimate of drug-likeness (QED) is 0.0257. The molecule has 20 N–H and O–H groups in total. The highest BCUT2D eigenvalue weighted by Gasteiger charge is 2.41. The van der Waals surface area contributed by atoms with Crippen molar-refractivity contribution < 1.29 is 110 Å². The number of primary amides is 2. The largest absolute Gasteiger partial charge is 0.379 e. The van der Waals surface area contributed by atoms with E-state index in [1.54, 1.807) is 60.7 Å². The van der Waals surface area contributed by atoms with E-state index in [0.717, 1.165) is 12.8 Å². The number of carbonyl (C=O) groups excluding carboxylic acids is 11. The molecule has 40 nitrogen and oxygen atoms in total. The van der Waals surface area contributed by atoms with Crippen LogP contribution in [0.5, 0.6) is 0 Å². The predicted octanol–water partition coefficient (Wildman–Crippen LogP) is 2.39. The summed E-state index contributed by atoms with van der Waals surface area (Å²) in [7, 11) is 0. The van der Waals surface area contributed by atoms with Gasteiger partial charge < -0.3 is 138 Å². The van der Waals surface area contributed by atoms with E-state index < -0.39 is 113 Å². The average Bonchev–Trinajstić information content (AvgIpc) is 1.64. The molecular formula is C92H159N17O23. The first kappa shape index (κ1) is 117. The Labute approximate surface area is 780 Å². The Morgan fingerprint density at radius 1 is 0.402 bits per heavy atom. The third kappa shape index (κ3) is 59.3. The molecule has 1 aliphatic heterocycles. The zero-order valence-corrected chi connectivity index (χ0v) is 79.0. The monoisotopic (exact) mass is 1870 g/mol. The summed E-state index contributed by atoms with van der Waals surface area (Å²) in [5, 5.41) is 42.5. The van der Waals surface area contributed by atoms with E-state index in [0.29, 0.717) is 169 Å². The number of nitrogens with two attached hydrogens (primary N) is 4. The van der Waals surface area contributed by atoms with Crippen molar-refractivity contribution in [2.75, 3.05) is 185 Å². The van der Waals surface area contributed by atoms with Crippen LogP contribution in [0.1, 0.15) is 193 Å². The maximum absolute atomic E-state index is 14.9. The van der Waals surface area contributed by atoms with Crippen molar-refractivity contribution in [2.24, 2.45) is 28.9 Å². The number of likely N-dealkylation sites (tertiary alicyclic amines) is 1. The Morgan fingerprint density at radius 2 is 0.765 bits per heavy atom. The number of nitrogens with one attached hydrogen (secondary N) is 12. The van der Waals surface area contributed by atoms with Crippen LogP contribution < -0.4 is 76.1 Å². The lowest BCUT2D eigenvalue weighted by molar-refractivity contribution is -0.142. The Hall–Kier alpha value is -9.33. The van der Waals surface area contributed by atoms with Crippen molar-refractivity contribution in [3.05, 3.63) is 71.8 Å². The number of benzene rings is 2. The predicted molar refractivity (Wildman–Crippen MR) is 497 cm³/mol. The highest BCUT2D eigenvalue weighted by Crippen LogP contribution is 2.22. The highest BCUT2D eigenvalue weighted by atomic mass is 16.6. The number of carbonyl (C=O) groups is 11. The molecule has 1 aliphatic rings. The standard InChI is InChI=1S/C92H159N17O23/c1-6-7-8-9-10-11-12-13-14-15-16-17-24-35-80(111)99-39-42-122-44-46-124-48-50-126-52-54-128-56-58-130-60-62-132-64-63-131-61-59-129-57-55-127-53-51-125-49-47-123-45-43-121-41-36-81(112)108-92(4,5)89(120)107-77(67-71-30-22-19-23-31-71)86(117)105-75(65-69(2)3)84(115)106-76(66-70-28-20-18-21-29-70)85(116)103-73(33-26-38-101-91(97)98)88(119)109-40-27-34-78(109)87(118)102-72(32-25-37-100-90(95)96)83(114)104-74(82(94)113)68-79(93)110/h18-23,28-31,69,72-78H,6-17,24-27,32-68H2,1-5H3,(H2,93,110)(H2,94,113)(H,99,111)(H,102,118)(H,103,116)(H,104,114)(H,105,117)(H,106,115)(H,107,120)(H,108,112)(H4,95,96,100)(H4,97,98,101)/t72-,73-,74-,75-,76-,77-,78-/m0/s1. The number of rotatable bonds is 84. The van der Waals surface area contributed by atoms with Gasteiger partial charge in [0.1, 0.15) is 47.8 Å². The Bertz CT molecular complexity index is 3530. The summed E-state index contributed by atoms with van der Waals surface area (Å²) in [5.74, 6) is -8.76. The molecule has 132 heavy (non-hydrogen) atoms. The highest BCUT2D eigenvalue weighted by molar-refractivity contribution is 5.99. The summed E-state index contributed by atoms with van der Waals surface area (Å²) >= 11 is 0. The Balaban J connectivity index is 1.32. The van der Waals surface area contributed by atoms with Gasteiger partial charge in [0.05, 0.1) is 165 Å². The van der Waals surface area contributed by atoms with Crippen molar-refractivity contribution in [3.8, 4) is 0 Å². The second-order valence-electron chi connectivity index (χ2n) is 33.2. The lowest BCUT2D eigenvalue weighted by Crippen LogP contribution is -2.62. The molecule has 1 heterocycles. The number of unbranched alkanes of at least 4 members (excludes halogenated alkanes) is 12. The number of hydrogen-bond acceptors (Lipinski definition) is 25. The number of nitrogens with zero attached hydrogens (tertiary/aromatic N) is 1. The molecule has 750 valence electrons. The van der Waals surface area contributed by atoms with Gasteiger partial charge in [0.2, 0.25) is 65.0 Å². The van der Waals surface area contributed by atoms with Crippen LogP contribution >= 0.6 is 0 Å². The minimum atomic E-state index is -1.56. The van der Waals surface area contributed by atoms with Gasteiger partial charge in [0, 0.05) is 51.9 Å². The van der Waals surface area contributed by atoms with Crippen LogP contribution in [0.15, 0.2) is 60.7 Å². The summed E-state index contributed by atoms with van der Waals surface area (Å²) < 4.78 is 66.9. The van der Waals surface area contributed by atoms with Gasteiger partial charge in [-0.1, -0.05) is 158 Å². The first-order valence-electron chi connectivity index (χ1n) is 47.2. The Morgan fingerprint density at radius 3 is 1.17 bits per heavy atom. The van der Waals surface area contributed by atoms with Crippen molar-refractivity contribution >= 4 is 76.9 Å². The van der Waals surface area contributed by atoms with Gasteiger partial charge in [0.15, 0.2) is 11.9 Å². The zero-order chi connectivity index (χ0) is 96.5. The van der Waals surface area contributed by atoms with Crippen LogP contribution in [-0.4, -0.2) is 314 Å². The fourth-order valence-electron chi connectivity index (χ4n) is 13.8. The topological polar surface area (TPSA) is 574 Å². The fourth-order valence-corrected chi connectivity index (χ4v) is 13.8. The van der Waals surface area contributed by atoms with Gasteiger partial charge in [-0.2, -0.15) is 0 Å². The lowest BCUT2D eigenvalue weighted by Gasteiger charge is -2.31. The zero-order valence-electron chi connectivity index (χ0n) is 79.0. The van der Waals surface area contributed by atoms with E-state index in [1.165, 1.54) is 89.4 Å². The van der Waals surface area contributed by atoms with Gasteiger partial charge in [0.25, 0.3) is 0 Å². The van der Waals surface area contributed by atoms with Crippen LogP contribution in [-0.2, 0) is 122 Å². The molecular weight excluding hydrogens is 1710 g/mol. The van der Waals surface area contributed by atoms with Gasteiger partial charge in [-0.05, 0) is 82.3 Å². The summed E-state index contributed by atoms with van der Waals surface area (Å²) in [4.78, 5) is 152. The molecule has 3 rings (SSSR count). The lowest BCUT2D eigenvalue weighted by atomic mass is 9.98.